The number of nitrogens with zero attached hydrogens (tertiary/aromatic N) is 1. The highest BCUT2D eigenvalue weighted by Gasteiger charge is 2.11. The summed E-state index contributed by atoms with van der Waals surface area (Å²) in [5.41, 5.74) is 5.82. The maximum Gasteiger partial charge on any atom is 0.248 e. The van der Waals surface area contributed by atoms with Crippen LogP contribution in [0.5, 0.6) is 0 Å². The molecule has 21 heavy (non-hydrogen) atoms. The standard InChI is InChI=1S/C15H11F2N3O/c16-12-5-10(7-18)6-13(17)14(12)20-8-9-1-3-11(4-2-9)15(19)21/h1-6,20H,8H2,(H2,19,21). The second-order valence-electron chi connectivity index (χ2n) is 4.34. The zero-order chi connectivity index (χ0) is 15.4. The molecule has 0 saturated carbocycles. The van der Waals surface area contributed by atoms with Gasteiger partial charge in [0.25, 0.3) is 0 Å². The molecule has 4 nitrogen and oxygen atoms in total. The van der Waals surface area contributed by atoms with Gasteiger partial charge in [0.2, 0.25) is 5.91 Å². The molecule has 0 aliphatic heterocycles. The number of halogens is 2. The van der Waals surface area contributed by atoms with Crippen molar-refractivity contribution >= 4 is 11.6 Å². The van der Waals surface area contributed by atoms with E-state index in [-0.39, 0.29) is 17.8 Å². The first kappa shape index (κ1) is 14.5. The highest BCUT2D eigenvalue weighted by molar-refractivity contribution is 5.92. The summed E-state index contributed by atoms with van der Waals surface area (Å²) >= 11 is 0. The summed E-state index contributed by atoms with van der Waals surface area (Å²) in [5, 5.41) is 11.2. The van der Waals surface area contributed by atoms with Crippen molar-refractivity contribution in [3.8, 4) is 6.07 Å². The van der Waals surface area contributed by atoms with Crippen molar-refractivity contribution in [3.63, 3.8) is 0 Å². The molecule has 0 aromatic heterocycles. The fraction of sp³-hybridized carbons (Fsp3) is 0.0667. The quantitative estimate of drug-likeness (QED) is 0.907. The van der Waals surface area contributed by atoms with E-state index in [2.05, 4.69) is 5.32 Å². The van der Waals surface area contributed by atoms with E-state index in [9.17, 15) is 13.6 Å². The van der Waals surface area contributed by atoms with E-state index in [0.717, 1.165) is 17.7 Å². The van der Waals surface area contributed by atoms with Crippen molar-refractivity contribution in [3.05, 3.63) is 64.7 Å². The molecule has 0 aliphatic carbocycles. The molecule has 0 heterocycles. The summed E-state index contributed by atoms with van der Waals surface area (Å²) in [4.78, 5) is 10.9. The molecule has 106 valence electrons. The van der Waals surface area contributed by atoms with Crippen LogP contribution in [-0.4, -0.2) is 5.91 Å². The molecule has 3 N–H and O–H groups in total. The molecule has 2 aromatic rings. The van der Waals surface area contributed by atoms with Crippen LogP contribution in [0.25, 0.3) is 0 Å². The number of nitriles is 1. The van der Waals surface area contributed by atoms with Crippen molar-refractivity contribution in [1.29, 1.82) is 5.26 Å². The molecule has 1 amide bonds. The third-order valence-corrected chi connectivity index (χ3v) is 2.88. The van der Waals surface area contributed by atoms with Crippen LogP contribution in [0.3, 0.4) is 0 Å². The van der Waals surface area contributed by atoms with Crippen LogP contribution in [0.1, 0.15) is 21.5 Å². The monoisotopic (exact) mass is 287 g/mol. The first-order valence-corrected chi connectivity index (χ1v) is 6.03. The SMILES string of the molecule is N#Cc1cc(F)c(NCc2ccc(C(N)=O)cc2)c(F)c1. The van der Waals surface area contributed by atoms with Gasteiger partial charge in [0.15, 0.2) is 11.6 Å². The average molecular weight is 287 g/mol. The number of carbonyl (C=O) groups is 1. The fourth-order valence-corrected chi connectivity index (χ4v) is 1.78. The number of nitrogens with one attached hydrogen (secondary N) is 1. The predicted octanol–water partition coefficient (Wildman–Crippen LogP) is 2.55. The minimum atomic E-state index is -0.833. The lowest BCUT2D eigenvalue weighted by Gasteiger charge is -2.09. The number of hydrogen-bond acceptors (Lipinski definition) is 3. The minimum Gasteiger partial charge on any atom is -0.376 e. The summed E-state index contributed by atoms with van der Waals surface area (Å²) in [5.74, 6) is -2.21. The Balaban J connectivity index is 2.13. The number of benzene rings is 2. The number of primary amides is 1. The molecule has 2 aromatic carbocycles. The van der Waals surface area contributed by atoms with E-state index >= 15 is 0 Å². The Bertz CT molecular complexity index is 698. The van der Waals surface area contributed by atoms with Gasteiger partial charge in [-0.2, -0.15) is 5.26 Å². The molecule has 0 spiro atoms. The number of carbonyl (C=O) groups excluding carboxylic acids is 1. The third-order valence-electron chi connectivity index (χ3n) is 2.88. The van der Waals surface area contributed by atoms with E-state index in [1.807, 2.05) is 0 Å². The Morgan fingerprint density at radius 2 is 1.76 bits per heavy atom. The molecule has 0 unspecified atom stereocenters. The molecule has 6 heteroatoms. The highest BCUT2D eigenvalue weighted by Crippen LogP contribution is 2.21. The van der Waals surface area contributed by atoms with E-state index < -0.39 is 17.5 Å². The van der Waals surface area contributed by atoms with Crippen LogP contribution in [0, 0.1) is 23.0 Å². The van der Waals surface area contributed by atoms with Crippen LogP contribution >= 0.6 is 0 Å². The van der Waals surface area contributed by atoms with Crippen LogP contribution in [0.15, 0.2) is 36.4 Å². The maximum absolute atomic E-state index is 13.7. The van der Waals surface area contributed by atoms with Crippen LogP contribution in [0.4, 0.5) is 14.5 Å². The summed E-state index contributed by atoms with van der Waals surface area (Å²) in [6.07, 6.45) is 0. The number of hydrogen-bond donors (Lipinski definition) is 2. The van der Waals surface area contributed by atoms with Crippen molar-refractivity contribution in [2.75, 3.05) is 5.32 Å². The Labute approximate surface area is 119 Å². The summed E-state index contributed by atoms with van der Waals surface area (Å²) in [6, 6.07) is 9.92. The first-order valence-electron chi connectivity index (χ1n) is 6.03. The van der Waals surface area contributed by atoms with E-state index in [1.54, 1.807) is 18.2 Å². The molecule has 0 bridgehead atoms. The normalized spacial score (nSPS) is 9.95. The second-order valence-corrected chi connectivity index (χ2v) is 4.34. The number of rotatable bonds is 4. The smallest absolute Gasteiger partial charge is 0.248 e. The van der Waals surface area contributed by atoms with Gasteiger partial charge < -0.3 is 11.1 Å². The zero-order valence-corrected chi connectivity index (χ0v) is 10.9. The van der Waals surface area contributed by atoms with Gasteiger partial charge in [-0.05, 0) is 29.8 Å². The maximum atomic E-state index is 13.7. The second kappa shape index (κ2) is 6.01. The van der Waals surface area contributed by atoms with Crippen molar-refractivity contribution in [2.45, 2.75) is 6.54 Å². The number of amides is 1. The molecule has 0 radical (unpaired) electrons. The Morgan fingerprint density at radius 1 is 1.19 bits per heavy atom. The fourth-order valence-electron chi connectivity index (χ4n) is 1.78. The van der Waals surface area contributed by atoms with Crippen LogP contribution in [-0.2, 0) is 6.54 Å². The lowest BCUT2D eigenvalue weighted by Crippen LogP contribution is -2.11. The molecule has 0 saturated heterocycles. The van der Waals surface area contributed by atoms with Crippen molar-refractivity contribution < 1.29 is 13.6 Å². The highest BCUT2D eigenvalue weighted by atomic mass is 19.1. The summed E-state index contributed by atoms with van der Waals surface area (Å²) in [6.45, 7) is 0.165. The van der Waals surface area contributed by atoms with Crippen molar-refractivity contribution in [2.24, 2.45) is 5.73 Å². The topological polar surface area (TPSA) is 78.9 Å². The summed E-state index contributed by atoms with van der Waals surface area (Å²) < 4.78 is 27.3. The first-order chi connectivity index (χ1) is 10.0. The zero-order valence-electron chi connectivity index (χ0n) is 10.9. The van der Waals surface area contributed by atoms with Gasteiger partial charge in [-0.25, -0.2) is 8.78 Å². The van der Waals surface area contributed by atoms with Gasteiger partial charge in [0.05, 0.1) is 11.6 Å². The lowest BCUT2D eigenvalue weighted by atomic mass is 10.1. The average Bonchev–Trinajstić information content (AvgIpc) is 2.46. The minimum absolute atomic E-state index is 0.0821. The van der Waals surface area contributed by atoms with Crippen LogP contribution < -0.4 is 11.1 Å². The molecule has 2 rings (SSSR count). The van der Waals surface area contributed by atoms with E-state index in [1.165, 1.54) is 12.1 Å². The van der Waals surface area contributed by atoms with Gasteiger partial charge in [-0.15, -0.1) is 0 Å². The third kappa shape index (κ3) is 3.34. The Kier molecular flexibility index (Phi) is 4.14. The van der Waals surface area contributed by atoms with Gasteiger partial charge >= 0.3 is 0 Å². The Hall–Kier alpha value is -2.94. The number of anilines is 1. The molecule has 0 fully saturated rings. The molecule has 0 atom stereocenters. The number of nitrogens with two attached hydrogens (primary N) is 1. The molecular weight excluding hydrogens is 276 g/mol. The van der Waals surface area contributed by atoms with Crippen molar-refractivity contribution in [1.82, 2.24) is 0 Å². The molecule has 0 aliphatic rings. The molecular formula is C15H11F2N3O. The van der Waals surface area contributed by atoms with Gasteiger partial charge in [0, 0.05) is 12.1 Å². The lowest BCUT2D eigenvalue weighted by molar-refractivity contribution is 0.100. The summed E-state index contributed by atoms with van der Waals surface area (Å²) in [7, 11) is 0. The van der Waals surface area contributed by atoms with Gasteiger partial charge in [-0.3, -0.25) is 4.79 Å². The predicted molar refractivity (Wildman–Crippen MR) is 73.4 cm³/mol. The van der Waals surface area contributed by atoms with E-state index in [4.69, 9.17) is 11.0 Å². The Morgan fingerprint density at radius 3 is 2.24 bits per heavy atom. The van der Waals surface area contributed by atoms with Gasteiger partial charge in [-0.1, -0.05) is 12.1 Å². The largest absolute Gasteiger partial charge is 0.376 e. The van der Waals surface area contributed by atoms with Crippen LogP contribution in [0.2, 0.25) is 0 Å². The van der Waals surface area contributed by atoms with Gasteiger partial charge in [0.1, 0.15) is 5.69 Å². The van der Waals surface area contributed by atoms with E-state index in [0.29, 0.717) is 5.56 Å².